The average Bonchev–Trinajstić information content (AvgIpc) is 2.41. The normalized spacial score (nSPS) is 37.5. The van der Waals surface area contributed by atoms with Gasteiger partial charge >= 0.3 is 11.8 Å². The van der Waals surface area contributed by atoms with E-state index in [1.54, 1.807) is 0 Å². The smallest absolute Gasteiger partial charge is 0.325 e. The predicted molar refractivity (Wildman–Crippen MR) is 78.3 cm³/mol. The Labute approximate surface area is 121 Å². The molecule has 0 radical (unpaired) electrons. The number of nitrogens with one attached hydrogen (secondary N) is 1. The van der Waals surface area contributed by atoms with Crippen LogP contribution in [0.3, 0.4) is 0 Å². The van der Waals surface area contributed by atoms with Gasteiger partial charge in [-0.2, -0.15) is 0 Å². The molecule has 0 saturated carbocycles. The highest BCUT2D eigenvalue weighted by molar-refractivity contribution is 6.34. The van der Waals surface area contributed by atoms with Crippen molar-refractivity contribution in [2.24, 2.45) is 17.5 Å². The number of amides is 2. The Morgan fingerprint density at radius 2 is 1.85 bits per heavy atom. The van der Waals surface area contributed by atoms with Crippen LogP contribution in [-0.4, -0.2) is 33.9 Å². The molecule has 0 aliphatic carbocycles. The van der Waals surface area contributed by atoms with E-state index in [-0.39, 0.29) is 23.0 Å². The molecule has 1 heterocycles. The highest BCUT2D eigenvalue weighted by Crippen LogP contribution is 2.38. The van der Waals surface area contributed by atoms with Crippen molar-refractivity contribution in [3.05, 3.63) is 0 Å². The molecule has 5 N–H and O–H groups in total. The highest BCUT2D eigenvalue weighted by atomic mass is 16.2. The number of hydrogen-bond donors (Lipinski definition) is 3. The predicted octanol–water partition coefficient (Wildman–Crippen LogP) is 0.509. The summed E-state index contributed by atoms with van der Waals surface area (Å²) >= 11 is 0. The number of carbonyl (C=O) groups excluding carboxylic acids is 2. The summed E-state index contributed by atoms with van der Waals surface area (Å²) in [7, 11) is 0. The van der Waals surface area contributed by atoms with E-state index in [9.17, 15) is 9.59 Å². The maximum Gasteiger partial charge on any atom is 0.325 e. The zero-order chi connectivity index (χ0) is 15.7. The number of piperidine rings is 1. The van der Waals surface area contributed by atoms with Crippen molar-refractivity contribution in [2.45, 2.75) is 71.0 Å². The first-order valence-electron chi connectivity index (χ1n) is 7.27. The lowest BCUT2D eigenvalue weighted by Crippen LogP contribution is -2.70. The van der Waals surface area contributed by atoms with E-state index in [2.05, 4.69) is 39.9 Å². The van der Waals surface area contributed by atoms with Gasteiger partial charge in [-0.05, 0) is 39.0 Å². The fraction of sp³-hybridized carbons (Fsp3) is 0.857. The molecule has 2 amide bonds. The van der Waals surface area contributed by atoms with Gasteiger partial charge in [-0.3, -0.25) is 14.6 Å². The summed E-state index contributed by atoms with van der Waals surface area (Å²) in [5.41, 5.74) is 4.81. The Hall–Kier alpha value is -1.14. The lowest BCUT2D eigenvalue weighted by molar-refractivity contribution is -0.149. The van der Waals surface area contributed by atoms with Gasteiger partial charge in [-0.15, -0.1) is 0 Å². The first-order valence-corrected chi connectivity index (χ1v) is 7.27. The molecule has 0 spiro atoms. The Morgan fingerprint density at radius 3 is 2.25 bits per heavy atom. The third kappa shape index (κ3) is 2.96. The number of carbonyl (C=O) groups is 2. The molecule has 0 bridgehead atoms. The minimum Gasteiger partial charge on any atom is -0.361 e. The van der Waals surface area contributed by atoms with Gasteiger partial charge in [0.05, 0.1) is 6.04 Å². The summed E-state index contributed by atoms with van der Waals surface area (Å²) < 4.78 is 0. The Balaban J connectivity index is 3.10. The summed E-state index contributed by atoms with van der Waals surface area (Å²) in [6, 6.07) is -0.203. The molecule has 0 aromatic rings. The van der Waals surface area contributed by atoms with Gasteiger partial charge in [-0.1, -0.05) is 20.8 Å². The van der Waals surface area contributed by atoms with Crippen molar-refractivity contribution in [1.29, 1.82) is 0 Å². The summed E-state index contributed by atoms with van der Waals surface area (Å²) in [5, 5.41) is 4.74. The molecule has 20 heavy (non-hydrogen) atoms. The van der Waals surface area contributed by atoms with Crippen LogP contribution in [0.15, 0.2) is 0 Å². The third-order valence-electron chi connectivity index (χ3n) is 5.15. The van der Waals surface area contributed by atoms with E-state index >= 15 is 0 Å². The molecule has 6 heteroatoms. The van der Waals surface area contributed by atoms with Crippen molar-refractivity contribution in [2.75, 3.05) is 0 Å². The van der Waals surface area contributed by atoms with Crippen molar-refractivity contribution in [3.8, 4) is 0 Å². The average molecular weight is 284 g/mol. The quantitative estimate of drug-likeness (QED) is 0.304. The maximum atomic E-state index is 11.8. The number of hydrazine groups is 1. The SMILES string of the molecule is CCC1(C)CC(N(N)C(=O)C(N)=O)C(C)C(C)(CC)N1. The minimum atomic E-state index is -1.00. The zero-order valence-corrected chi connectivity index (χ0v) is 13.2. The number of nitrogens with two attached hydrogens (primary N) is 2. The van der Waals surface area contributed by atoms with Crippen LogP contribution in [0.5, 0.6) is 0 Å². The van der Waals surface area contributed by atoms with E-state index in [0.29, 0.717) is 6.42 Å². The molecule has 4 atom stereocenters. The lowest BCUT2D eigenvalue weighted by atomic mass is 9.68. The Kier molecular flexibility index (Phi) is 4.82. The van der Waals surface area contributed by atoms with Gasteiger partial charge < -0.3 is 11.1 Å². The number of hydrogen-bond acceptors (Lipinski definition) is 4. The fourth-order valence-electron chi connectivity index (χ4n) is 3.18. The molecule has 0 aromatic heterocycles. The van der Waals surface area contributed by atoms with Crippen molar-refractivity contribution < 1.29 is 9.59 Å². The molecule has 1 aliphatic rings. The van der Waals surface area contributed by atoms with Gasteiger partial charge in [0, 0.05) is 11.1 Å². The third-order valence-corrected chi connectivity index (χ3v) is 5.15. The number of primary amides is 1. The summed E-state index contributed by atoms with van der Waals surface area (Å²) in [4.78, 5) is 22.9. The van der Waals surface area contributed by atoms with E-state index in [1.807, 2.05) is 0 Å². The maximum absolute atomic E-state index is 11.8. The number of nitrogens with zero attached hydrogens (tertiary/aromatic N) is 1. The van der Waals surface area contributed by atoms with Crippen molar-refractivity contribution in [1.82, 2.24) is 10.3 Å². The second-order valence-corrected chi connectivity index (χ2v) is 6.45. The summed E-state index contributed by atoms with van der Waals surface area (Å²) in [6.07, 6.45) is 2.54. The zero-order valence-electron chi connectivity index (χ0n) is 13.2. The molecule has 0 aromatic carbocycles. The van der Waals surface area contributed by atoms with Crippen LogP contribution in [0, 0.1) is 5.92 Å². The number of rotatable bonds is 3. The van der Waals surface area contributed by atoms with E-state index in [4.69, 9.17) is 11.6 Å². The molecule has 1 saturated heterocycles. The summed E-state index contributed by atoms with van der Waals surface area (Å²) in [6.45, 7) is 10.5. The van der Waals surface area contributed by atoms with Crippen LogP contribution in [0.2, 0.25) is 0 Å². The fourth-order valence-corrected chi connectivity index (χ4v) is 3.18. The first-order chi connectivity index (χ1) is 9.10. The van der Waals surface area contributed by atoms with Gasteiger partial charge in [0.2, 0.25) is 0 Å². The topological polar surface area (TPSA) is 101 Å². The van der Waals surface area contributed by atoms with E-state index in [0.717, 1.165) is 17.9 Å². The van der Waals surface area contributed by atoms with Crippen LogP contribution in [-0.2, 0) is 9.59 Å². The summed E-state index contributed by atoms with van der Waals surface area (Å²) in [5.74, 6) is 4.19. The van der Waals surface area contributed by atoms with Crippen LogP contribution in [0.1, 0.15) is 53.9 Å². The van der Waals surface area contributed by atoms with Crippen LogP contribution < -0.4 is 16.9 Å². The van der Waals surface area contributed by atoms with Crippen LogP contribution in [0.25, 0.3) is 0 Å². The Morgan fingerprint density at radius 1 is 1.30 bits per heavy atom. The Bertz CT molecular complexity index is 401. The standard InChI is InChI=1S/C14H28N4O2/c1-6-13(4)8-10(18(16)12(20)11(15)19)9(3)14(5,7-2)17-13/h9-10,17H,6-8,16H2,1-5H3,(H2,15,19). The van der Waals surface area contributed by atoms with Crippen molar-refractivity contribution >= 4 is 11.8 Å². The molecule has 1 rings (SSSR count). The lowest BCUT2D eigenvalue weighted by Gasteiger charge is -2.55. The molecule has 4 unspecified atom stereocenters. The van der Waals surface area contributed by atoms with E-state index < -0.39 is 11.8 Å². The monoisotopic (exact) mass is 284 g/mol. The van der Waals surface area contributed by atoms with Crippen LogP contribution in [0.4, 0.5) is 0 Å². The molecule has 1 fully saturated rings. The van der Waals surface area contributed by atoms with Gasteiger partial charge in [-0.25, -0.2) is 5.84 Å². The van der Waals surface area contributed by atoms with Gasteiger partial charge in [0.1, 0.15) is 0 Å². The van der Waals surface area contributed by atoms with Gasteiger partial charge in [0.15, 0.2) is 0 Å². The minimum absolute atomic E-state index is 0.114. The molecule has 6 nitrogen and oxygen atoms in total. The second-order valence-electron chi connectivity index (χ2n) is 6.45. The van der Waals surface area contributed by atoms with Crippen molar-refractivity contribution in [3.63, 3.8) is 0 Å². The highest BCUT2D eigenvalue weighted by Gasteiger charge is 2.48. The molecular weight excluding hydrogens is 256 g/mol. The van der Waals surface area contributed by atoms with Crippen LogP contribution >= 0.6 is 0 Å². The van der Waals surface area contributed by atoms with E-state index in [1.165, 1.54) is 0 Å². The first kappa shape index (κ1) is 16.9. The largest absolute Gasteiger partial charge is 0.361 e. The van der Waals surface area contributed by atoms with Gasteiger partial charge in [0.25, 0.3) is 0 Å². The molecule has 1 aliphatic heterocycles. The molecule has 116 valence electrons. The molecular formula is C14H28N4O2. The second kappa shape index (κ2) is 5.69.